The highest BCUT2D eigenvalue weighted by Gasteiger charge is 2.20. The summed E-state index contributed by atoms with van der Waals surface area (Å²) in [5, 5.41) is 3.54. The lowest BCUT2D eigenvalue weighted by molar-refractivity contribution is 0.398. The number of aromatic amines is 1. The first kappa shape index (κ1) is 13.3. The Morgan fingerprint density at radius 2 is 1.94 bits per heavy atom. The zero-order valence-electron chi connectivity index (χ0n) is 10.9. The second-order valence-corrected chi connectivity index (χ2v) is 5.88. The minimum atomic E-state index is -0.0773. The first-order valence-corrected chi connectivity index (χ1v) is 6.78. The predicted molar refractivity (Wildman–Crippen MR) is 77.3 cm³/mol. The van der Waals surface area contributed by atoms with Crippen LogP contribution in [0.15, 0.2) is 35.1 Å². The van der Waals surface area contributed by atoms with E-state index in [0.717, 1.165) is 22.4 Å². The lowest BCUT2D eigenvalue weighted by atomic mass is 9.94. The minimum absolute atomic E-state index is 0.0773. The van der Waals surface area contributed by atoms with Crippen LogP contribution in [0.3, 0.4) is 0 Å². The number of rotatable bonds is 4. The van der Waals surface area contributed by atoms with Crippen LogP contribution in [0, 0.1) is 6.92 Å². The van der Waals surface area contributed by atoms with E-state index in [1.54, 1.807) is 6.33 Å². The Kier molecular flexibility index (Phi) is 3.88. The Bertz CT molecular complexity index is 514. The fraction of sp³-hybridized carbons (Fsp3) is 0.357. The molecule has 0 atom stereocenters. The van der Waals surface area contributed by atoms with Gasteiger partial charge in [-0.25, -0.2) is 4.98 Å². The van der Waals surface area contributed by atoms with Gasteiger partial charge < -0.3 is 10.3 Å². The number of nitrogens with zero attached hydrogens (tertiary/aromatic N) is 1. The van der Waals surface area contributed by atoms with Gasteiger partial charge in [-0.1, -0.05) is 28.1 Å². The van der Waals surface area contributed by atoms with Crippen molar-refractivity contribution in [2.45, 2.75) is 32.9 Å². The molecule has 0 saturated carbocycles. The van der Waals surface area contributed by atoms with E-state index >= 15 is 0 Å². The molecule has 3 nitrogen and oxygen atoms in total. The van der Waals surface area contributed by atoms with Crippen molar-refractivity contribution in [3.8, 4) is 0 Å². The normalized spacial score (nSPS) is 11.8. The van der Waals surface area contributed by atoms with E-state index in [0.29, 0.717) is 0 Å². The van der Waals surface area contributed by atoms with Crippen molar-refractivity contribution >= 4 is 15.9 Å². The van der Waals surface area contributed by atoms with Crippen molar-refractivity contribution < 1.29 is 0 Å². The fourth-order valence-electron chi connectivity index (χ4n) is 1.84. The molecule has 0 aliphatic heterocycles. The lowest BCUT2D eigenvalue weighted by Crippen LogP contribution is -2.36. The highest BCUT2D eigenvalue weighted by atomic mass is 79.9. The largest absolute Gasteiger partial charge is 0.348 e. The molecular weight excluding hydrogens is 290 g/mol. The summed E-state index contributed by atoms with van der Waals surface area (Å²) in [5.74, 6) is 0. The molecule has 1 heterocycles. The number of hydrogen-bond acceptors (Lipinski definition) is 2. The van der Waals surface area contributed by atoms with E-state index in [-0.39, 0.29) is 5.54 Å². The third kappa shape index (κ3) is 3.00. The Morgan fingerprint density at radius 1 is 1.28 bits per heavy atom. The van der Waals surface area contributed by atoms with Crippen LogP contribution in [-0.2, 0) is 12.1 Å². The minimum Gasteiger partial charge on any atom is -0.348 e. The van der Waals surface area contributed by atoms with Gasteiger partial charge in [0.2, 0.25) is 0 Å². The van der Waals surface area contributed by atoms with Crippen molar-refractivity contribution in [1.82, 2.24) is 15.3 Å². The Labute approximate surface area is 116 Å². The molecule has 0 spiro atoms. The molecule has 0 saturated heterocycles. The summed E-state index contributed by atoms with van der Waals surface area (Å²) in [5.41, 5.74) is 3.37. The average Bonchev–Trinajstić information content (AvgIpc) is 2.73. The topological polar surface area (TPSA) is 40.7 Å². The van der Waals surface area contributed by atoms with Crippen LogP contribution in [0.1, 0.15) is 30.8 Å². The van der Waals surface area contributed by atoms with Crippen LogP contribution in [0.2, 0.25) is 0 Å². The first-order chi connectivity index (χ1) is 8.49. The molecule has 4 heteroatoms. The van der Waals surface area contributed by atoms with Gasteiger partial charge in [0.1, 0.15) is 0 Å². The molecule has 0 bridgehead atoms. The van der Waals surface area contributed by atoms with E-state index in [9.17, 15) is 0 Å². The third-order valence-corrected chi connectivity index (χ3v) is 3.73. The summed E-state index contributed by atoms with van der Waals surface area (Å²) in [6.45, 7) is 7.16. The zero-order valence-corrected chi connectivity index (χ0v) is 12.5. The van der Waals surface area contributed by atoms with Gasteiger partial charge in [-0.05, 0) is 38.5 Å². The van der Waals surface area contributed by atoms with E-state index in [1.807, 2.05) is 6.92 Å². The second-order valence-electron chi connectivity index (χ2n) is 4.96. The van der Waals surface area contributed by atoms with Gasteiger partial charge in [-0.2, -0.15) is 0 Å². The number of nitrogens with one attached hydrogen (secondary N) is 2. The molecule has 0 fully saturated rings. The molecule has 0 radical (unpaired) electrons. The van der Waals surface area contributed by atoms with E-state index in [1.165, 1.54) is 5.56 Å². The average molecular weight is 308 g/mol. The quantitative estimate of drug-likeness (QED) is 0.907. The molecule has 1 aromatic heterocycles. The third-order valence-electron chi connectivity index (χ3n) is 3.20. The molecule has 0 aliphatic rings. The molecule has 96 valence electrons. The van der Waals surface area contributed by atoms with Crippen LogP contribution in [0.4, 0.5) is 0 Å². The summed E-state index contributed by atoms with van der Waals surface area (Å²) >= 11 is 3.46. The van der Waals surface area contributed by atoms with Gasteiger partial charge in [-0.15, -0.1) is 0 Å². The van der Waals surface area contributed by atoms with Crippen molar-refractivity contribution in [3.05, 3.63) is 52.0 Å². The number of imidazole rings is 1. The molecule has 0 unspecified atom stereocenters. The van der Waals surface area contributed by atoms with E-state index in [2.05, 4.69) is 69.3 Å². The highest BCUT2D eigenvalue weighted by molar-refractivity contribution is 9.10. The summed E-state index contributed by atoms with van der Waals surface area (Å²) in [6, 6.07) is 8.40. The van der Waals surface area contributed by atoms with E-state index < -0.39 is 0 Å². The predicted octanol–water partition coefficient (Wildman–Crippen LogP) is 3.51. The zero-order chi connectivity index (χ0) is 13.2. The van der Waals surface area contributed by atoms with Gasteiger partial charge in [0.15, 0.2) is 0 Å². The lowest BCUT2D eigenvalue weighted by Gasteiger charge is -2.27. The standard InChI is InChI=1S/C14H18BrN3/c1-10-13(17-9-16-10)8-18-14(2,3)11-4-6-12(15)7-5-11/h4-7,9,18H,8H2,1-3H3,(H,16,17). The van der Waals surface area contributed by atoms with Gasteiger partial charge in [0.25, 0.3) is 0 Å². The Morgan fingerprint density at radius 3 is 2.50 bits per heavy atom. The smallest absolute Gasteiger partial charge is 0.0925 e. The molecule has 0 aliphatic carbocycles. The van der Waals surface area contributed by atoms with Crippen LogP contribution >= 0.6 is 15.9 Å². The maximum atomic E-state index is 4.30. The summed E-state index contributed by atoms with van der Waals surface area (Å²) < 4.78 is 1.10. The summed E-state index contributed by atoms with van der Waals surface area (Å²) in [4.78, 5) is 7.40. The van der Waals surface area contributed by atoms with Crippen LogP contribution in [0.5, 0.6) is 0 Å². The molecule has 0 amide bonds. The second kappa shape index (κ2) is 5.24. The number of benzene rings is 1. The Balaban J connectivity index is 2.07. The molecule has 2 N–H and O–H groups in total. The van der Waals surface area contributed by atoms with Crippen molar-refractivity contribution in [2.24, 2.45) is 0 Å². The maximum absolute atomic E-state index is 4.30. The van der Waals surface area contributed by atoms with Crippen molar-refractivity contribution in [3.63, 3.8) is 0 Å². The summed E-state index contributed by atoms with van der Waals surface area (Å²) in [7, 11) is 0. The fourth-order valence-corrected chi connectivity index (χ4v) is 2.10. The highest BCUT2D eigenvalue weighted by Crippen LogP contribution is 2.22. The molecule has 2 aromatic rings. The van der Waals surface area contributed by atoms with Crippen molar-refractivity contribution in [1.29, 1.82) is 0 Å². The molecule has 2 rings (SSSR count). The first-order valence-electron chi connectivity index (χ1n) is 5.99. The van der Waals surface area contributed by atoms with Gasteiger partial charge >= 0.3 is 0 Å². The Hall–Kier alpha value is -1.13. The number of H-pyrrole nitrogens is 1. The van der Waals surface area contributed by atoms with E-state index in [4.69, 9.17) is 0 Å². The van der Waals surface area contributed by atoms with Crippen LogP contribution in [0.25, 0.3) is 0 Å². The number of hydrogen-bond donors (Lipinski definition) is 2. The number of aromatic nitrogens is 2. The van der Waals surface area contributed by atoms with Gasteiger partial charge in [0, 0.05) is 22.3 Å². The molecule has 18 heavy (non-hydrogen) atoms. The molecular formula is C14H18BrN3. The number of halogens is 1. The van der Waals surface area contributed by atoms with Gasteiger partial charge in [0.05, 0.1) is 12.0 Å². The van der Waals surface area contributed by atoms with Crippen LogP contribution in [-0.4, -0.2) is 9.97 Å². The number of aryl methyl sites for hydroxylation is 1. The van der Waals surface area contributed by atoms with Gasteiger partial charge in [-0.3, -0.25) is 0 Å². The monoisotopic (exact) mass is 307 g/mol. The van der Waals surface area contributed by atoms with Crippen molar-refractivity contribution in [2.75, 3.05) is 0 Å². The van der Waals surface area contributed by atoms with Crippen LogP contribution < -0.4 is 5.32 Å². The SMILES string of the molecule is Cc1[nH]cnc1CNC(C)(C)c1ccc(Br)cc1. The summed E-state index contributed by atoms with van der Waals surface area (Å²) in [6.07, 6.45) is 1.74. The maximum Gasteiger partial charge on any atom is 0.0925 e. The molecule has 1 aromatic carbocycles.